The molecule has 0 saturated heterocycles. The van der Waals surface area contributed by atoms with Crippen LogP contribution in [-0.2, 0) is 0 Å². The number of hydrogen-bond acceptors (Lipinski definition) is 3. The van der Waals surface area contributed by atoms with Crippen molar-refractivity contribution in [2.75, 3.05) is 12.8 Å². The first-order valence-electron chi connectivity index (χ1n) is 5.19. The molecule has 0 aliphatic heterocycles. The number of pyridine rings is 1. The number of aromatic nitrogens is 1. The van der Waals surface area contributed by atoms with E-state index in [1.54, 1.807) is 13.2 Å². The SMILES string of the molecule is COc1cc(-c2ccc(N)c(C)n2)ccc1Cl. The Kier molecular flexibility index (Phi) is 3.20. The number of nitrogen functional groups attached to an aromatic ring is 1. The van der Waals surface area contributed by atoms with E-state index >= 15 is 0 Å². The van der Waals surface area contributed by atoms with Crippen molar-refractivity contribution in [3.05, 3.63) is 41.0 Å². The molecule has 0 bridgehead atoms. The molecular weight excluding hydrogens is 236 g/mol. The number of nitrogens with two attached hydrogens (primary N) is 1. The zero-order valence-corrected chi connectivity index (χ0v) is 10.5. The average molecular weight is 249 g/mol. The second-order valence-corrected chi connectivity index (χ2v) is 4.13. The predicted octanol–water partition coefficient (Wildman–Crippen LogP) is 3.30. The Labute approximate surface area is 105 Å². The van der Waals surface area contributed by atoms with Crippen LogP contribution in [0.1, 0.15) is 5.69 Å². The van der Waals surface area contributed by atoms with E-state index < -0.39 is 0 Å². The molecule has 0 aliphatic rings. The van der Waals surface area contributed by atoms with Gasteiger partial charge in [-0.25, -0.2) is 0 Å². The first-order chi connectivity index (χ1) is 8.11. The van der Waals surface area contributed by atoms with Gasteiger partial charge in [0.1, 0.15) is 5.75 Å². The van der Waals surface area contributed by atoms with Crippen molar-refractivity contribution in [1.29, 1.82) is 0 Å². The van der Waals surface area contributed by atoms with Gasteiger partial charge in [0.05, 0.1) is 29.2 Å². The monoisotopic (exact) mass is 248 g/mol. The van der Waals surface area contributed by atoms with Gasteiger partial charge in [-0.2, -0.15) is 0 Å². The summed E-state index contributed by atoms with van der Waals surface area (Å²) in [7, 11) is 1.59. The van der Waals surface area contributed by atoms with E-state index in [9.17, 15) is 0 Å². The third-order valence-corrected chi connectivity index (χ3v) is 2.89. The second kappa shape index (κ2) is 4.63. The smallest absolute Gasteiger partial charge is 0.138 e. The van der Waals surface area contributed by atoms with Gasteiger partial charge in [-0.15, -0.1) is 0 Å². The molecular formula is C13H13ClN2O. The fourth-order valence-corrected chi connectivity index (χ4v) is 1.75. The first-order valence-corrected chi connectivity index (χ1v) is 5.56. The van der Waals surface area contributed by atoms with Crippen LogP contribution in [0.2, 0.25) is 5.02 Å². The number of anilines is 1. The number of methoxy groups -OCH3 is 1. The van der Waals surface area contributed by atoms with Gasteiger partial charge in [0, 0.05) is 5.56 Å². The fraction of sp³-hybridized carbons (Fsp3) is 0.154. The van der Waals surface area contributed by atoms with Gasteiger partial charge in [0.25, 0.3) is 0 Å². The van der Waals surface area contributed by atoms with E-state index in [0.29, 0.717) is 16.5 Å². The Morgan fingerprint density at radius 3 is 2.65 bits per heavy atom. The molecule has 3 nitrogen and oxygen atoms in total. The van der Waals surface area contributed by atoms with Gasteiger partial charge in [0.2, 0.25) is 0 Å². The molecule has 0 radical (unpaired) electrons. The number of rotatable bonds is 2. The number of ether oxygens (including phenoxy) is 1. The van der Waals surface area contributed by atoms with Crippen LogP contribution in [0.15, 0.2) is 30.3 Å². The summed E-state index contributed by atoms with van der Waals surface area (Å²) < 4.78 is 5.18. The molecule has 1 heterocycles. The Bertz CT molecular complexity index is 555. The lowest BCUT2D eigenvalue weighted by Gasteiger charge is -2.07. The normalized spacial score (nSPS) is 10.3. The highest BCUT2D eigenvalue weighted by molar-refractivity contribution is 6.32. The largest absolute Gasteiger partial charge is 0.495 e. The number of benzene rings is 1. The average Bonchev–Trinajstić information content (AvgIpc) is 2.33. The molecule has 88 valence electrons. The highest BCUT2D eigenvalue weighted by Crippen LogP contribution is 2.30. The van der Waals surface area contributed by atoms with Crippen LogP contribution >= 0.6 is 11.6 Å². The Morgan fingerprint density at radius 1 is 1.24 bits per heavy atom. The van der Waals surface area contributed by atoms with Gasteiger partial charge in [0.15, 0.2) is 0 Å². The quantitative estimate of drug-likeness (QED) is 0.887. The predicted molar refractivity (Wildman–Crippen MR) is 70.4 cm³/mol. The van der Waals surface area contributed by atoms with Crippen LogP contribution in [0.25, 0.3) is 11.3 Å². The van der Waals surface area contributed by atoms with E-state index in [0.717, 1.165) is 17.0 Å². The van der Waals surface area contributed by atoms with Crippen molar-refractivity contribution in [2.45, 2.75) is 6.92 Å². The molecule has 0 spiro atoms. The lowest BCUT2D eigenvalue weighted by atomic mass is 10.1. The number of hydrogen-bond donors (Lipinski definition) is 1. The minimum absolute atomic E-state index is 0.586. The van der Waals surface area contributed by atoms with E-state index in [1.807, 2.05) is 31.2 Å². The van der Waals surface area contributed by atoms with Gasteiger partial charge in [-0.3, -0.25) is 4.98 Å². The molecule has 0 unspecified atom stereocenters. The third kappa shape index (κ3) is 2.34. The summed E-state index contributed by atoms with van der Waals surface area (Å²) in [5.74, 6) is 0.639. The molecule has 0 amide bonds. The molecule has 4 heteroatoms. The minimum atomic E-state index is 0.586. The highest BCUT2D eigenvalue weighted by atomic mass is 35.5. The van der Waals surface area contributed by atoms with E-state index in [-0.39, 0.29) is 0 Å². The standard InChI is InChI=1S/C13H13ClN2O/c1-8-11(15)5-6-12(16-8)9-3-4-10(14)13(7-9)17-2/h3-7H,15H2,1-2H3. The third-order valence-electron chi connectivity index (χ3n) is 2.57. The summed E-state index contributed by atoms with van der Waals surface area (Å²) in [6.45, 7) is 1.88. The second-order valence-electron chi connectivity index (χ2n) is 3.72. The molecule has 1 aromatic carbocycles. The van der Waals surface area contributed by atoms with Crippen LogP contribution < -0.4 is 10.5 Å². The van der Waals surface area contributed by atoms with Crippen molar-refractivity contribution in [3.8, 4) is 17.0 Å². The summed E-state index contributed by atoms with van der Waals surface area (Å²) in [6, 6.07) is 9.29. The van der Waals surface area contributed by atoms with Crippen LogP contribution in [0, 0.1) is 6.92 Å². The van der Waals surface area contributed by atoms with Crippen LogP contribution in [0.3, 0.4) is 0 Å². The molecule has 0 fully saturated rings. The molecule has 17 heavy (non-hydrogen) atoms. The summed E-state index contributed by atoms with van der Waals surface area (Å²) in [5.41, 5.74) is 9.05. The van der Waals surface area contributed by atoms with Crippen LogP contribution in [0.5, 0.6) is 5.75 Å². The van der Waals surface area contributed by atoms with Crippen LogP contribution in [0.4, 0.5) is 5.69 Å². The molecule has 0 aliphatic carbocycles. The molecule has 0 atom stereocenters. The van der Waals surface area contributed by atoms with Crippen LogP contribution in [-0.4, -0.2) is 12.1 Å². The number of halogens is 1. The van der Waals surface area contributed by atoms with Crippen molar-refractivity contribution >= 4 is 17.3 Å². The van der Waals surface area contributed by atoms with Crippen molar-refractivity contribution in [1.82, 2.24) is 4.98 Å². The van der Waals surface area contributed by atoms with E-state index in [2.05, 4.69) is 4.98 Å². The van der Waals surface area contributed by atoms with E-state index in [4.69, 9.17) is 22.1 Å². The summed E-state index contributed by atoms with van der Waals surface area (Å²) in [5, 5.41) is 0.586. The van der Waals surface area contributed by atoms with Gasteiger partial charge >= 0.3 is 0 Å². The van der Waals surface area contributed by atoms with Crippen molar-refractivity contribution in [3.63, 3.8) is 0 Å². The lowest BCUT2D eigenvalue weighted by molar-refractivity contribution is 0.415. The summed E-state index contributed by atoms with van der Waals surface area (Å²) >= 11 is 5.97. The lowest BCUT2D eigenvalue weighted by Crippen LogP contribution is -1.94. The molecule has 0 saturated carbocycles. The maximum atomic E-state index is 5.97. The molecule has 2 N–H and O–H groups in total. The van der Waals surface area contributed by atoms with Crippen molar-refractivity contribution in [2.24, 2.45) is 0 Å². The Hall–Kier alpha value is -1.74. The maximum absolute atomic E-state index is 5.97. The number of aryl methyl sites for hydroxylation is 1. The first kappa shape index (κ1) is 11.7. The zero-order chi connectivity index (χ0) is 12.4. The molecule has 2 rings (SSSR count). The zero-order valence-electron chi connectivity index (χ0n) is 9.70. The fourth-order valence-electron chi connectivity index (χ4n) is 1.55. The summed E-state index contributed by atoms with van der Waals surface area (Å²) in [6.07, 6.45) is 0. The topological polar surface area (TPSA) is 48.1 Å². The number of nitrogens with zero attached hydrogens (tertiary/aromatic N) is 1. The Morgan fingerprint density at radius 2 is 2.00 bits per heavy atom. The van der Waals surface area contributed by atoms with Crippen molar-refractivity contribution < 1.29 is 4.74 Å². The Balaban J connectivity index is 2.49. The van der Waals surface area contributed by atoms with Gasteiger partial charge < -0.3 is 10.5 Å². The van der Waals surface area contributed by atoms with E-state index in [1.165, 1.54) is 0 Å². The minimum Gasteiger partial charge on any atom is -0.495 e. The highest BCUT2D eigenvalue weighted by Gasteiger charge is 2.06. The molecule has 2 aromatic rings. The maximum Gasteiger partial charge on any atom is 0.138 e. The van der Waals surface area contributed by atoms with Gasteiger partial charge in [-0.1, -0.05) is 17.7 Å². The summed E-state index contributed by atoms with van der Waals surface area (Å²) in [4.78, 5) is 4.42. The van der Waals surface area contributed by atoms with Gasteiger partial charge in [-0.05, 0) is 31.2 Å². The molecule has 1 aromatic heterocycles.